The first-order chi connectivity index (χ1) is 9.21. The van der Waals surface area contributed by atoms with Crippen LogP contribution >= 0.6 is 45.2 Å². The number of carbonyl (C=O) groups excluding carboxylic acids is 1. The Bertz CT molecular complexity index is 659. The Morgan fingerprint density at radius 2 is 2.00 bits per heavy atom. The lowest BCUT2D eigenvalue weighted by atomic mass is 10.0. The number of rotatable bonds is 4. The van der Waals surface area contributed by atoms with Crippen LogP contribution in [0.2, 0.25) is 0 Å². The second-order valence-corrected chi connectivity index (χ2v) is 7.99. The molecular formula is C14H16I2N2O2. The maximum Gasteiger partial charge on any atom is 0.133 e. The molecule has 1 aromatic heterocycles. The lowest BCUT2D eigenvalue weighted by molar-refractivity contribution is -0.889. The van der Waals surface area contributed by atoms with Crippen LogP contribution in [0.3, 0.4) is 0 Å². The zero-order chi connectivity index (χ0) is 15.1. The van der Waals surface area contributed by atoms with Gasteiger partial charge in [0, 0.05) is 21.6 Å². The number of likely N-dealkylation sites (N-methyl/N-ethyl adjacent to an activating group) is 1. The first kappa shape index (κ1) is 16.0. The van der Waals surface area contributed by atoms with Gasteiger partial charge in [0.2, 0.25) is 0 Å². The molecule has 0 saturated carbocycles. The van der Waals surface area contributed by atoms with Crippen molar-refractivity contribution in [1.82, 2.24) is 4.98 Å². The molecule has 0 saturated heterocycles. The SMILES string of the molecule is C[N+](C)(C)[C@@H](Cc1c[nH]c2c(I)c(I)ccc12)C(=O)[O-]. The van der Waals surface area contributed by atoms with E-state index in [-0.39, 0.29) is 0 Å². The number of aromatic amines is 1. The van der Waals surface area contributed by atoms with Gasteiger partial charge in [-0.25, -0.2) is 0 Å². The Balaban J connectivity index is 2.44. The molecule has 0 aliphatic carbocycles. The Morgan fingerprint density at radius 3 is 2.55 bits per heavy atom. The molecule has 6 heteroatoms. The summed E-state index contributed by atoms with van der Waals surface area (Å²) in [6.07, 6.45) is 2.37. The number of H-pyrrole nitrogens is 1. The molecule has 1 aromatic carbocycles. The van der Waals surface area contributed by atoms with E-state index in [4.69, 9.17) is 0 Å². The summed E-state index contributed by atoms with van der Waals surface area (Å²) in [6, 6.07) is 3.54. The molecule has 2 rings (SSSR count). The van der Waals surface area contributed by atoms with Crippen LogP contribution in [0.15, 0.2) is 18.3 Å². The van der Waals surface area contributed by atoms with Gasteiger partial charge in [0.25, 0.3) is 0 Å². The van der Waals surface area contributed by atoms with E-state index in [0.717, 1.165) is 16.5 Å². The van der Waals surface area contributed by atoms with Crippen molar-refractivity contribution < 1.29 is 14.4 Å². The molecule has 0 fully saturated rings. The highest BCUT2D eigenvalue weighted by Gasteiger charge is 2.26. The van der Waals surface area contributed by atoms with Crippen LogP contribution in [-0.2, 0) is 11.2 Å². The van der Waals surface area contributed by atoms with Gasteiger partial charge in [-0.2, -0.15) is 0 Å². The fraction of sp³-hybridized carbons (Fsp3) is 0.357. The first-order valence-electron chi connectivity index (χ1n) is 6.17. The van der Waals surface area contributed by atoms with Crippen LogP contribution < -0.4 is 5.11 Å². The number of hydrogen-bond donors (Lipinski definition) is 1. The van der Waals surface area contributed by atoms with Crippen LogP contribution in [0, 0.1) is 7.14 Å². The average Bonchev–Trinajstić information content (AvgIpc) is 2.72. The molecule has 0 aliphatic heterocycles. The van der Waals surface area contributed by atoms with Gasteiger partial charge in [0.05, 0.1) is 36.2 Å². The number of aromatic nitrogens is 1. The second-order valence-electron chi connectivity index (χ2n) is 5.75. The number of aliphatic carboxylic acids is 1. The van der Waals surface area contributed by atoms with Crippen molar-refractivity contribution >= 4 is 62.1 Å². The van der Waals surface area contributed by atoms with E-state index in [0.29, 0.717) is 10.9 Å². The van der Waals surface area contributed by atoms with Gasteiger partial charge in [0.15, 0.2) is 0 Å². The van der Waals surface area contributed by atoms with Crippen molar-refractivity contribution in [1.29, 1.82) is 0 Å². The Labute approximate surface area is 145 Å². The first-order valence-corrected chi connectivity index (χ1v) is 8.33. The van der Waals surface area contributed by atoms with E-state index < -0.39 is 12.0 Å². The third-order valence-electron chi connectivity index (χ3n) is 3.45. The zero-order valence-corrected chi connectivity index (χ0v) is 15.9. The smallest absolute Gasteiger partial charge is 0.133 e. The van der Waals surface area contributed by atoms with Gasteiger partial charge in [0.1, 0.15) is 6.04 Å². The normalized spacial score (nSPS) is 13.7. The third-order valence-corrected chi connectivity index (χ3v) is 6.50. The number of nitrogens with one attached hydrogen (secondary N) is 1. The Morgan fingerprint density at radius 1 is 1.35 bits per heavy atom. The van der Waals surface area contributed by atoms with Gasteiger partial charge < -0.3 is 19.4 Å². The van der Waals surface area contributed by atoms with Crippen molar-refractivity contribution in [2.24, 2.45) is 0 Å². The van der Waals surface area contributed by atoms with Crippen molar-refractivity contribution in [2.75, 3.05) is 21.1 Å². The van der Waals surface area contributed by atoms with Crippen LogP contribution in [0.5, 0.6) is 0 Å². The van der Waals surface area contributed by atoms with E-state index in [2.05, 4.69) is 56.2 Å². The predicted molar refractivity (Wildman–Crippen MR) is 94.3 cm³/mol. The lowest BCUT2D eigenvalue weighted by Gasteiger charge is -2.34. The number of fused-ring (bicyclic) bond motifs is 1. The molecule has 4 nitrogen and oxygen atoms in total. The minimum absolute atomic E-state index is 0.344. The molecule has 0 radical (unpaired) electrons. The summed E-state index contributed by atoms with van der Waals surface area (Å²) in [5, 5.41) is 12.5. The van der Waals surface area contributed by atoms with Gasteiger partial charge in [-0.1, -0.05) is 6.07 Å². The number of benzene rings is 1. The minimum Gasteiger partial charge on any atom is -0.544 e. The molecule has 1 heterocycles. The number of hydrogen-bond acceptors (Lipinski definition) is 2. The molecule has 20 heavy (non-hydrogen) atoms. The lowest BCUT2D eigenvalue weighted by Crippen LogP contribution is -2.55. The average molecular weight is 498 g/mol. The highest BCUT2D eigenvalue weighted by atomic mass is 127. The molecule has 0 aliphatic rings. The molecule has 0 amide bonds. The predicted octanol–water partition coefficient (Wildman–Crippen LogP) is 1.74. The number of carbonyl (C=O) groups is 1. The van der Waals surface area contributed by atoms with Gasteiger partial charge in [-0.3, -0.25) is 0 Å². The molecule has 2 aromatic rings. The van der Waals surface area contributed by atoms with Crippen LogP contribution in [0.25, 0.3) is 10.9 Å². The largest absolute Gasteiger partial charge is 0.544 e. The molecule has 1 N–H and O–H groups in total. The highest BCUT2D eigenvalue weighted by Crippen LogP contribution is 2.28. The van der Waals surface area contributed by atoms with E-state index in [1.165, 1.54) is 7.14 Å². The van der Waals surface area contributed by atoms with E-state index in [9.17, 15) is 9.90 Å². The standard InChI is InChI=1S/C14H16I2N2O2/c1-18(2,3)11(14(19)20)6-8-7-17-13-9(8)4-5-10(15)12(13)16/h4-5,7,11,17H,6H2,1-3H3/t11-/m0/s1. The fourth-order valence-corrected chi connectivity index (χ4v) is 3.32. The third kappa shape index (κ3) is 3.11. The summed E-state index contributed by atoms with van der Waals surface area (Å²) in [6.45, 7) is 0. The van der Waals surface area contributed by atoms with E-state index in [1.807, 2.05) is 33.4 Å². The summed E-state index contributed by atoms with van der Waals surface area (Å²) in [5.74, 6) is -1.01. The number of quaternary nitrogens is 1. The molecular weight excluding hydrogens is 482 g/mol. The molecule has 0 unspecified atom stereocenters. The maximum atomic E-state index is 11.4. The van der Waals surface area contributed by atoms with Crippen LogP contribution in [-0.4, -0.2) is 42.6 Å². The molecule has 108 valence electrons. The van der Waals surface area contributed by atoms with Crippen LogP contribution in [0.1, 0.15) is 5.56 Å². The van der Waals surface area contributed by atoms with Crippen molar-refractivity contribution in [3.8, 4) is 0 Å². The molecule has 1 atom stereocenters. The summed E-state index contributed by atoms with van der Waals surface area (Å²) < 4.78 is 2.70. The molecule has 0 spiro atoms. The van der Waals surface area contributed by atoms with Gasteiger partial charge >= 0.3 is 0 Å². The zero-order valence-electron chi connectivity index (χ0n) is 11.5. The summed E-state index contributed by atoms with van der Waals surface area (Å²) in [7, 11) is 5.63. The quantitative estimate of drug-likeness (QED) is 0.517. The minimum atomic E-state index is -1.01. The van der Waals surface area contributed by atoms with Gasteiger partial charge in [-0.05, 0) is 56.8 Å². The van der Waals surface area contributed by atoms with Crippen LogP contribution in [0.4, 0.5) is 0 Å². The number of carboxylic acids is 1. The van der Waals surface area contributed by atoms with Crippen molar-refractivity contribution in [3.63, 3.8) is 0 Å². The number of nitrogens with zero attached hydrogens (tertiary/aromatic N) is 1. The second kappa shape index (κ2) is 5.80. The van der Waals surface area contributed by atoms with E-state index in [1.54, 1.807) is 0 Å². The fourth-order valence-electron chi connectivity index (χ4n) is 2.25. The van der Waals surface area contributed by atoms with Gasteiger partial charge in [-0.15, -0.1) is 0 Å². The maximum absolute atomic E-state index is 11.4. The van der Waals surface area contributed by atoms with E-state index >= 15 is 0 Å². The summed E-state index contributed by atoms with van der Waals surface area (Å²) in [4.78, 5) is 14.7. The van der Waals surface area contributed by atoms with Crippen molar-refractivity contribution in [3.05, 3.63) is 31.0 Å². The molecule has 0 bridgehead atoms. The van der Waals surface area contributed by atoms with Crippen molar-refractivity contribution in [2.45, 2.75) is 12.5 Å². The monoisotopic (exact) mass is 498 g/mol. The summed E-state index contributed by atoms with van der Waals surface area (Å²) >= 11 is 4.60. The highest BCUT2D eigenvalue weighted by molar-refractivity contribution is 14.1. The topological polar surface area (TPSA) is 55.9 Å². The summed E-state index contributed by atoms with van der Waals surface area (Å²) in [5.41, 5.74) is 2.10. The number of carboxylic acid groups (broad SMARTS) is 1. The Hall–Kier alpha value is -0.350. The number of halogens is 2. The Kier molecular flexibility index (Phi) is 4.65.